The number of hydrogen-bond acceptors (Lipinski definition) is 4. The number of nitriles is 1. The average Bonchev–Trinajstić information content (AvgIpc) is 2.25. The van der Waals surface area contributed by atoms with Crippen LogP contribution >= 0.6 is 11.6 Å². The maximum Gasteiger partial charge on any atom is 0.341 e. The third-order valence-corrected chi connectivity index (χ3v) is 2.23. The van der Waals surface area contributed by atoms with Gasteiger partial charge in [0.1, 0.15) is 6.07 Å². The SMILES string of the molecule is CCC(C#N)OC(=O)c1ccc(Cl)cc1N. The lowest BCUT2D eigenvalue weighted by Crippen LogP contribution is -2.16. The van der Waals surface area contributed by atoms with Crippen molar-refractivity contribution >= 4 is 23.3 Å². The van der Waals surface area contributed by atoms with Gasteiger partial charge >= 0.3 is 5.97 Å². The summed E-state index contributed by atoms with van der Waals surface area (Å²) in [4.78, 5) is 11.6. The molecule has 0 saturated heterocycles. The number of carbonyl (C=O) groups is 1. The van der Waals surface area contributed by atoms with E-state index in [-0.39, 0.29) is 11.3 Å². The van der Waals surface area contributed by atoms with Gasteiger partial charge in [-0.3, -0.25) is 0 Å². The van der Waals surface area contributed by atoms with Crippen molar-refractivity contribution in [2.24, 2.45) is 0 Å². The van der Waals surface area contributed by atoms with Crippen LogP contribution in [0.5, 0.6) is 0 Å². The summed E-state index contributed by atoms with van der Waals surface area (Å²) >= 11 is 5.70. The summed E-state index contributed by atoms with van der Waals surface area (Å²) in [6, 6.07) is 6.36. The van der Waals surface area contributed by atoms with Gasteiger partial charge in [0.2, 0.25) is 0 Å². The second kappa shape index (κ2) is 5.38. The van der Waals surface area contributed by atoms with Crippen LogP contribution in [0.1, 0.15) is 23.7 Å². The Balaban J connectivity index is 2.85. The molecule has 0 fully saturated rings. The largest absolute Gasteiger partial charge is 0.443 e. The van der Waals surface area contributed by atoms with Gasteiger partial charge in [-0.05, 0) is 24.6 Å². The van der Waals surface area contributed by atoms with E-state index >= 15 is 0 Å². The minimum atomic E-state index is -0.748. The highest BCUT2D eigenvalue weighted by molar-refractivity contribution is 6.31. The number of anilines is 1. The minimum Gasteiger partial charge on any atom is -0.443 e. The van der Waals surface area contributed by atoms with Gasteiger partial charge in [0, 0.05) is 10.7 Å². The molecule has 0 aliphatic heterocycles. The molecule has 2 N–H and O–H groups in total. The van der Waals surface area contributed by atoms with Crippen molar-refractivity contribution in [1.29, 1.82) is 5.26 Å². The highest BCUT2D eigenvalue weighted by Gasteiger charge is 2.16. The van der Waals surface area contributed by atoms with Crippen LogP contribution in [0.15, 0.2) is 18.2 Å². The topological polar surface area (TPSA) is 76.1 Å². The molecule has 0 spiro atoms. The number of hydrogen-bond donors (Lipinski definition) is 1. The fraction of sp³-hybridized carbons (Fsp3) is 0.273. The van der Waals surface area contributed by atoms with Crippen LogP contribution in [-0.4, -0.2) is 12.1 Å². The molecule has 0 radical (unpaired) electrons. The lowest BCUT2D eigenvalue weighted by Gasteiger charge is -2.10. The van der Waals surface area contributed by atoms with Gasteiger partial charge in [0.25, 0.3) is 0 Å². The minimum absolute atomic E-state index is 0.220. The van der Waals surface area contributed by atoms with Gasteiger partial charge in [0.15, 0.2) is 6.10 Å². The van der Waals surface area contributed by atoms with E-state index in [0.717, 1.165) is 0 Å². The van der Waals surface area contributed by atoms with E-state index in [1.54, 1.807) is 13.0 Å². The smallest absolute Gasteiger partial charge is 0.341 e. The Labute approximate surface area is 98.6 Å². The molecule has 4 nitrogen and oxygen atoms in total. The summed E-state index contributed by atoms with van der Waals surface area (Å²) in [6.45, 7) is 1.76. The standard InChI is InChI=1S/C11H11ClN2O2/c1-2-8(6-13)16-11(15)9-4-3-7(12)5-10(9)14/h3-5,8H,2,14H2,1H3. The van der Waals surface area contributed by atoms with Crippen LogP contribution in [0, 0.1) is 11.3 Å². The molecule has 0 aliphatic carbocycles. The lowest BCUT2D eigenvalue weighted by atomic mass is 10.2. The van der Waals surface area contributed by atoms with E-state index in [2.05, 4.69) is 0 Å². The lowest BCUT2D eigenvalue weighted by molar-refractivity contribution is 0.0402. The molecule has 16 heavy (non-hydrogen) atoms. The van der Waals surface area contributed by atoms with E-state index in [1.807, 2.05) is 6.07 Å². The number of carbonyl (C=O) groups excluding carboxylic acids is 1. The summed E-state index contributed by atoms with van der Waals surface area (Å²) in [5, 5.41) is 9.10. The van der Waals surface area contributed by atoms with Crippen LogP contribution in [0.4, 0.5) is 5.69 Å². The van der Waals surface area contributed by atoms with E-state index in [9.17, 15) is 4.79 Å². The highest BCUT2D eigenvalue weighted by atomic mass is 35.5. The number of rotatable bonds is 3. The molecule has 0 aliphatic rings. The van der Waals surface area contributed by atoms with Gasteiger partial charge in [-0.15, -0.1) is 0 Å². The first-order valence-corrected chi connectivity index (χ1v) is 5.12. The fourth-order valence-corrected chi connectivity index (χ4v) is 1.29. The number of nitrogens with two attached hydrogens (primary N) is 1. The second-order valence-corrected chi connectivity index (χ2v) is 3.60. The van der Waals surface area contributed by atoms with Crippen molar-refractivity contribution in [2.45, 2.75) is 19.4 Å². The third-order valence-electron chi connectivity index (χ3n) is 2.00. The summed E-state index contributed by atoms with van der Waals surface area (Å²) in [7, 11) is 0. The zero-order valence-corrected chi connectivity index (χ0v) is 9.49. The van der Waals surface area contributed by atoms with Gasteiger partial charge in [-0.25, -0.2) is 4.79 Å². The summed E-state index contributed by atoms with van der Waals surface area (Å²) in [6.07, 6.45) is -0.307. The zero-order chi connectivity index (χ0) is 12.1. The molecular weight excluding hydrogens is 228 g/mol. The number of nitrogens with zero attached hydrogens (tertiary/aromatic N) is 1. The van der Waals surface area contributed by atoms with Crippen molar-refractivity contribution in [3.8, 4) is 6.07 Å². The van der Waals surface area contributed by atoms with Crippen molar-refractivity contribution < 1.29 is 9.53 Å². The molecule has 0 saturated carbocycles. The summed E-state index contributed by atoms with van der Waals surface area (Å²) < 4.78 is 4.93. The Kier molecular flexibility index (Phi) is 4.15. The first kappa shape index (κ1) is 12.3. The highest BCUT2D eigenvalue weighted by Crippen LogP contribution is 2.19. The Morgan fingerprint density at radius 2 is 2.38 bits per heavy atom. The molecule has 0 amide bonds. The molecule has 0 heterocycles. The molecule has 0 aromatic heterocycles. The Hall–Kier alpha value is -1.73. The van der Waals surface area contributed by atoms with E-state index in [0.29, 0.717) is 11.4 Å². The van der Waals surface area contributed by atoms with Crippen molar-refractivity contribution in [1.82, 2.24) is 0 Å². The number of halogens is 1. The molecule has 1 unspecified atom stereocenters. The van der Waals surface area contributed by atoms with E-state index in [1.165, 1.54) is 12.1 Å². The average molecular weight is 239 g/mol. The molecule has 1 aromatic rings. The van der Waals surface area contributed by atoms with Crippen molar-refractivity contribution in [3.05, 3.63) is 28.8 Å². The molecular formula is C11H11ClN2O2. The quantitative estimate of drug-likeness (QED) is 0.648. The van der Waals surface area contributed by atoms with Gasteiger partial charge in [-0.1, -0.05) is 18.5 Å². The first-order chi connectivity index (χ1) is 7.58. The summed E-state index contributed by atoms with van der Waals surface area (Å²) in [5.74, 6) is -0.609. The maximum atomic E-state index is 11.6. The van der Waals surface area contributed by atoms with Gasteiger partial charge in [0.05, 0.1) is 5.56 Å². The molecule has 1 aromatic carbocycles. The predicted molar refractivity (Wildman–Crippen MR) is 61.0 cm³/mol. The predicted octanol–water partition coefficient (Wildman–Crippen LogP) is 2.38. The van der Waals surface area contributed by atoms with Crippen molar-refractivity contribution in [2.75, 3.05) is 5.73 Å². The van der Waals surface area contributed by atoms with Crippen molar-refractivity contribution in [3.63, 3.8) is 0 Å². The summed E-state index contributed by atoms with van der Waals surface area (Å²) in [5.41, 5.74) is 6.07. The third kappa shape index (κ3) is 2.88. The number of benzene rings is 1. The first-order valence-electron chi connectivity index (χ1n) is 4.74. The maximum absolute atomic E-state index is 11.6. The van der Waals surface area contributed by atoms with Crippen LogP contribution in [0.3, 0.4) is 0 Å². The van der Waals surface area contributed by atoms with E-state index in [4.69, 9.17) is 27.3 Å². The normalized spacial score (nSPS) is 11.6. The van der Waals surface area contributed by atoms with Crippen LogP contribution < -0.4 is 5.73 Å². The number of nitrogen functional groups attached to an aromatic ring is 1. The van der Waals surface area contributed by atoms with Gasteiger partial charge < -0.3 is 10.5 Å². The molecule has 0 bridgehead atoms. The Morgan fingerprint density at radius 1 is 1.69 bits per heavy atom. The van der Waals surface area contributed by atoms with Gasteiger partial charge in [-0.2, -0.15) is 5.26 Å². The van der Waals surface area contributed by atoms with E-state index < -0.39 is 12.1 Å². The fourth-order valence-electron chi connectivity index (χ4n) is 1.11. The Morgan fingerprint density at radius 3 is 2.88 bits per heavy atom. The van der Waals surface area contributed by atoms with Crippen LogP contribution in [0.2, 0.25) is 5.02 Å². The number of ether oxygens (including phenoxy) is 1. The molecule has 1 rings (SSSR count). The molecule has 84 valence electrons. The second-order valence-electron chi connectivity index (χ2n) is 3.16. The molecule has 5 heteroatoms. The van der Waals surface area contributed by atoms with Crippen LogP contribution in [-0.2, 0) is 4.74 Å². The monoisotopic (exact) mass is 238 g/mol. The van der Waals surface area contributed by atoms with Crippen LogP contribution in [0.25, 0.3) is 0 Å². The number of esters is 1. The Bertz CT molecular complexity index is 440. The molecule has 1 atom stereocenters. The zero-order valence-electron chi connectivity index (χ0n) is 8.74.